The van der Waals surface area contributed by atoms with Crippen LogP contribution in [0.25, 0.3) is 5.69 Å². The van der Waals surface area contributed by atoms with Gasteiger partial charge in [0.1, 0.15) is 17.5 Å². The van der Waals surface area contributed by atoms with Crippen LogP contribution in [0, 0.1) is 11.3 Å². The highest BCUT2D eigenvalue weighted by atomic mass is 16.1. The second-order valence-corrected chi connectivity index (χ2v) is 8.97. The summed E-state index contributed by atoms with van der Waals surface area (Å²) in [5.74, 6) is 0.370. The zero-order valence-corrected chi connectivity index (χ0v) is 19.1. The molecular weight excluding hydrogens is 398 g/mol. The highest BCUT2D eigenvalue weighted by molar-refractivity contribution is 5.76. The fourth-order valence-electron chi connectivity index (χ4n) is 3.54. The lowest BCUT2D eigenvalue weighted by atomic mass is 9.86. The third-order valence-electron chi connectivity index (χ3n) is 5.48. The number of carbonyl (C=O) groups excluding carboxylic acids is 1. The smallest absolute Gasteiger partial charge is 0.220 e. The Morgan fingerprint density at radius 1 is 1.09 bits per heavy atom. The highest BCUT2D eigenvalue weighted by Gasteiger charge is 2.16. The van der Waals surface area contributed by atoms with E-state index < -0.39 is 0 Å². The summed E-state index contributed by atoms with van der Waals surface area (Å²) in [4.78, 5) is 12.2. The van der Waals surface area contributed by atoms with Gasteiger partial charge < -0.3 is 11.1 Å². The lowest BCUT2D eigenvalue weighted by molar-refractivity contribution is -0.121. The van der Waals surface area contributed by atoms with E-state index in [2.05, 4.69) is 61.5 Å². The van der Waals surface area contributed by atoms with E-state index in [0.29, 0.717) is 49.3 Å². The van der Waals surface area contributed by atoms with Gasteiger partial charge in [-0.25, -0.2) is 4.68 Å². The molecule has 3 N–H and O–H groups in total. The monoisotopic (exact) mass is 429 g/mol. The van der Waals surface area contributed by atoms with Crippen molar-refractivity contribution in [3.63, 3.8) is 0 Å². The Kier molecular flexibility index (Phi) is 7.32. The predicted octanol–water partition coefficient (Wildman–Crippen LogP) is 4.31. The predicted molar refractivity (Wildman–Crippen MR) is 127 cm³/mol. The van der Waals surface area contributed by atoms with Crippen molar-refractivity contribution in [3.05, 3.63) is 77.0 Å². The zero-order valence-electron chi connectivity index (χ0n) is 19.1. The molecule has 0 aliphatic rings. The zero-order chi connectivity index (χ0) is 23.1. The van der Waals surface area contributed by atoms with E-state index in [9.17, 15) is 10.1 Å². The molecular formula is C26H31N5O. The number of amides is 1. The molecule has 0 saturated heterocycles. The first-order chi connectivity index (χ1) is 15.3. The number of aryl methyl sites for hydroxylation is 2. The Balaban J connectivity index is 1.47. The molecule has 1 amide bonds. The molecule has 0 unspecified atom stereocenters. The number of para-hydroxylation sites is 1. The normalized spacial score (nSPS) is 11.2. The van der Waals surface area contributed by atoms with E-state index in [1.54, 1.807) is 4.68 Å². The summed E-state index contributed by atoms with van der Waals surface area (Å²) in [7, 11) is 0. The number of rotatable bonds is 8. The van der Waals surface area contributed by atoms with Crippen LogP contribution in [-0.2, 0) is 23.1 Å². The fraction of sp³-hybridized carbons (Fsp3) is 0.346. The summed E-state index contributed by atoms with van der Waals surface area (Å²) in [5.41, 5.74) is 10.6. The lowest BCUT2D eigenvalue weighted by Crippen LogP contribution is -2.25. The van der Waals surface area contributed by atoms with Crippen LogP contribution in [-0.4, -0.2) is 22.2 Å². The van der Waals surface area contributed by atoms with E-state index in [1.165, 1.54) is 5.56 Å². The minimum Gasteiger partial charge on any atom is -0.382 e. The van der Waals surface area contributed by atoms with Crippen LogP contribution in [0.1, 0.15) is 56.0 Å². The average molecular weight is 430 g/mol. The molecule has 6 heteroatoms. The van der Waals surface area contributed by atoms with E-state index >= 15 is 0 Å². The lowest BCUT2D eigenvalue weighted by Gasteiger charge is -2.19. The molecule has 2 aromatic carbocycles. The maximum Gasteiger partial charge on any atom is 0.220 e. The molecule has 0 aliphatic carbocycles. The number of aromatic nitrogens is 2. The molecule has 3 rings (SSSR count). The number of benzene rings is 2. The van der Waals surface area contributed by atoms with Gasteiger partial charge in [-0.05, 0) is 47.9 Å². The van der Waals surface area contributed by atoms with Gasteiger partial charge in [-0.1, -0.05) is 63.2 Å². The standard InChI is InChI=1S/C26H31N5O/c1-26(2,3)20-14-11-19(12-15-20)13-16-24(32)29-17-7-10-23-22(18-27)25(28)31(30-23)21-8-5-4-6-9-21/h4-6,8-9,11-12,14-15H,7,10,13,16-17,28H2,1-3H3,(H,29,32). The third kappa shape index (κ3) is 5.76. The third-order valence-corrected chi connectivity index (χ3v) is 5.48. The van der Waals surface area contributed by atoms with Gasteiger partial charge in [0.2, 0.25) is 5.91 Å². The SMILES string of the molecule is CC(C)(C)c1ccc(CCC(=O)NCCCc2nn(-c3ccccc3)c(N)c2C#N)cc1. The number of nitrogens with zero attached hydrogens (tertiary/aromatic N) is 3. The van der Waals surface area contributed by atoms with Crippen molar-refractivity contribution in [2.45, 2.75) is 51.9 Å². The molecule has 0 radical (unpaired) electrons. The first kappa shape index (κ1) is 23.1. The molecule has 6 nitrogen and oxygen atoms in total. The molecule has 0 atom stereocenters. The maximum absolute atomic E-state index is 12.2. The van der Waals surface area contributed by atoms with E-state index in [0.717, 1.165) is 11.3 Å². The van der Waals surface area contributed by atoms with Gasteiger partial charge in [0.15, 0.2) is 0 Å². The largest absolute Gasteiger partial charge is 0.382 e. The van der Waals surface area contributed by atoms with Crippen molar-refractivity contribution < 1.29 is 4.79 Å². The van der Waals surface area contributed by atoms with E-state index in [1.807, 2.05) is 30.3 Å². The van der Waals surface area contributed by atoms with Gasteiger partial charge in [0, 0.05) is 13.0 Å². The van der Waals surface area contributed by atoms with Crippen molar-refractivity contribution in [2.75, 3.05) is 12.3 Å². The number of carbonyl (C=O) groups is 1. The first-order valence-electron chi connectivity index (χ1n) is 11.0. The maximum atomic E-state index is 12.2. The molecule has 0 aliphatic heterocycles. The summed E-state index contributed by atoms with van der Waals surface area (Å²) in [5, 5.41) is 17.0. The van der Waals surface area contributed by atoms with Gasteiger partial charge in [0.25, 0.3) is 0 Å². The minimum absolute atomic E-state index is 0.0275. The van der Waals surface area contributed by atoms with Gasteiger partial charge in [0.05, 0.1) is 11.4 Å². The second-order valence-electron chi connectivity index (χ2n) is 8.97. The van der Waals surface area contributed by atoms with Gasteiger partial charge >= 0.3 is 0 Å². The van der Waals surface area contributed by atoms with Crippen LogP contribution >= 0.6 is 0 Å². The molecule has 0 bridgehead atoms. The van der Waals surface area contributed by atoms with Crippen LogP contribution in [0.3, 0.4) is 0 Å². The van der Waals surface area contributed by atoms with Crippen molar-refractivity contribution in [3.8, 4) is 11.8 Å². The van der Waals surface area contributed by atoms with Gasteiger partial charge in [-0.3, -0.25) is 4.79 Å². The van der Waals surface area contributed by atoms with Crippen molar-refractivity contribution >= 4 is 11.7 Å². The number of nitriles is 1. The summed E-state index contributed by atoms with van der Waals surface area (Å²) in [6.07, 6.45) is 2.42. The number of hydrogen-bond donors (Lipinski definition) is 2. The Labute approximate surface area is 190 Å². The molecule has 0 fully saturated rings. The summed E-state index contributed by atoms with van der Waals surface area (Å²) >= 11 is 0. The van der Waals surface area contributed by atoms with Crippen molar-refractivity contribution in [1.82, 2.24) is 15.1 Å². The summed E-state index contributed by atoms with van der Waals surface area (Å²) in [6.45, 7) is 7.10. The quantitative estimate of drug-likeness (QED) is 0.522. The molecule has 1 aromatic heterocycles. The summed E-state index contributed by atoms with van der Waals surface area (Å²) < 4.78 is 1.59. The molecule has 0 saturated carbocycles. The van der Waals surface area contributed by atoms with Gasteiger partial charge in [-0.15, -0.1) is 0 Å². The van der Waals surface area contributed by atoms with Crippen LogP contribution in [0.15, 0.2) is 54.6 Å². The summed E-state index contributed by atoms with van der Waals surface area (Å²) in [6, 6.07) is 20.1. The van der Waals surface area contributed by atoms with Gasteiger partial charge in [-0.2, -0.15) is 10.4 Å². The van der Waals surface area contributed by atoms with Crippen LogP contribution in [0.5, 0.6) is 0 Å². The van der Waals surface area contributed by atoms with Crippen molar-refractivity contribution in [2.24, 2.45) is 0 Å². The topological polar surface area (TPSA) is 96.7 Å². The Morgan fingerprint density at radius 3 is 2.41 bits per heavy atom. The van der Waals surface area contributed by atoms with Crippen LogP contribution in [0.4, 0.5) is 5.82 Å². The Hall–Kier alpha value is -3.59. The molecule has 0 spiro atoms. The number of nitrogens with one attached hydrogen (secondary N) is 1. The number of nitrogens with two attached hydrogens (primary N) is 1. The Morgan fingerprint density at radius 2 is 1.78 bits per heavy atom. The Bertz CT molecular complexity index is 1090. The first-order valence-corrected chi connectivity index (χ1v) is 11.0. The molecule has 32 heavy (non-hydrogen) atoms. The molecule has 3 aromatic rings. The van der Waals surface area contributed by atoms with E-state index in [-0.39, 0.29) is 11.3 Å². The highest BCUT2D eigenvalue weighted by Crippen LogP contribution is 2.23. The number of nitrogen functional groups attached to an aromatic ring is 1. The molecule has 166 valence electrons. The average Bonchev–Trinajstić information content (AvgIpc) is 3.10. The van der Waals surface area contributed by atoms with Crippen LogP contribution in [0.2, 0.25) is 0 Å². The fourth-order valence-corrected chi connectivity index (χ4v) is 3.54. The number of hydrogen-bond acceptors (Lipinski definition) is 4. The van der Waals surface area contributed by atoms with Crippen LogP contribution < -0.4 is 11.1 Å². The van der Waals surface area contributed by atoms with Crippen molar-refractivity contribution in [1.29, 1.82) is 5.26 Å². The number of anilines is 1. The second kappa shape index (κ2) is 10.1. The van der Waals surface area contributed by atoms with E-state index in [4.69, 9.17) is 5.73 Å². The minimum atomic E-state index is 0.0275. The molecule has 1 heterocycles.